The second-order valence-corrected chi connectivity index (χ2v) is 7.61. The van der Waals surface area contributed by atoms with Crippen molar-refractivity contribution in [3.8, 4) is 0 Å². The highest BCUT2D eigenvalue weighted by Crippen LogP contribution is 2.34. The number of aliphatic hydroxyl groups is 7. The molecule has 14 heteroatoms. The van der Waals surface area contributed by atoms with Crippen molar-refractivity contribution in [3.63, 3.8) is 0 Å². The van der Waals surface area contributed by atoms with Crippen LogP contribution in [0.2, 0.25) is 0 Å². The van der Waals surface area contributed by atoms with E-state index in [1.165, 1.54) is 0 Å². The van der Waals surface area contributed by atoms with Gasteiger partial charge in [0.25, 0.3) is 5.79 Å². The number of hydrogen-bond donors (Lipinski definition) is 9. The first-order valence-electron chi connectivity index (χ1n) is 9.58. The molecule has 0 radical (unpaired) electrons. The molecule has 0 spiro atoms. The van der Waals surface area contributed by atoms with Gasteiger partial charge in [-0.1, -0.05) is 0 Å². The van der Waals surface area contributed by atoms with Crippen LogP contribution in [0, 0.1) is 0 Å². The average molecular weight is 455 g/mol. The van der Waals surface area contributed by atoms with Crippen LogP contribution in [0.4, 0.5) is 0 Å². The van der Waals surface area contributed by atoms with Gasteiger partial charge in [0.1, 0.15) is 30.5 Å². The third-order valence-corrected chi connectivity index (χ3v) is 5.22. The Hall–Kier alpha value is -1.46. The third-order valence-electron chi connectivity index (χ3n) is 5.22. The number of carboxylic acid groups (broad SMARTS) is 1. The molecule has 0 aromatic carbocycles. The van der Waals surface area contributed by atoms with E-state index in [2.05, 4.69) is 5.32 Å². The summed E-state index contributed by atoms with van der Waals surface area (Å²) in [5, 5.41) is 81.0. The van der Waals surface area contributed by atoms with Crippen molar-refractivity contribution in [1.29, 1.82) is 0 Å². The SMILES string of the molecule is CC(=O)N[C@H]1[C@H]([C@H](O)[C@H](O)CO)O[C@@](OC[C@H]2O[C@@H](O)C[C@@H](O)[C@H]2O)(C(=O)O)C[C@@H]1O. The first-order chi connectivity index (χ1) is 14.4. The smallest absolute Gasteiger partial charge is 0.364 e. The van der Waals surface area contributed by atoms with Gasteiger partial charge in [0.2, 0.25) is 5.91 Å². The molecule has 2 heterocycles. The number of hydrogen-bond acceptors (Lipinski definition) is 12. The molecule has 0 saturated carbocycles. The number of carbonyl (C=O) groups excluding carboxylic acids is 1. The number of rotatable bonds is 8. The molecule has 10 atom stereocenters. The van der Waals surface area contributed by atoms with E-state index in [1.807, 2.05) is 0 Å². The van der Waals surface area contributed by atoms with Gasteiger partial charge >= 0.3 is 5.97 Å². The van der Waals surface area contributed by atoms with E-state index in [1.54, 1.807) is 0 Å². The van der Waals surface area contributed by atoms with E-state index < -0.39 is 92.4 Å². The molecule has 0 aromatic rings. The van der Waals surface area contributed by atoms with Crippen molar-refractivity contribution in [2.45, 2.75) is 80.6 Å². The molecule has 1 amide bonds. The van der Waals surface area contributed by atoms with Crippen molar-refractivity contribution < 1.29 is 64.7 Å². The van der Waals surface area contributed by atoms with Crippen LogP contribution in [0.15, 0.2) is 0 Å². The lowest BCUT2D eigenvalue weighted by molar-refractivity contribution is -0.326. The maximum Gasteiger partial charge on any atom is 0.364 e. The summed E-state index contributed by atoms with van der Waals surface area (Å²) in [5.74, 6) is -5.00. The van der Waals surface area contributed by atoms with Crippen molar-refractivity contribution >= 4 is 11.9 Å². The molecular weight excluding hydrogens is 426 g/mol. The van der Waals surface area contributed by atoms with Crippen molar-refractivity contribution in [1.82, 2.24) is 5.32 Å². The largest absolute Gasteiger partial charge is 0.477 e. The van der Waals surface area contributed by atoms with Gasteiger partial charge in [-0.2, -0.15) is 0 Å². The number of ether oxygens (including phenoxy) is 3. The third kappa shape index (κ3) is 5.87. The number of carbonyl (C=O) groups is 2. The Morgan fingerprint density at radius 1 is 1.19 bits per heavy atom. The van der Waals surface area contributed by atoms with Crippen LogP contribution in [0.25, 0.3) is 0 Å². The highest BCUT2D eigenvalue weighted by Gasteiger charge is 2.56. The lowest BCUT2D eigenvalue weighted by Gasteiger charge is -2.47. The Bertz CT molecular complexity index is 635. The Kier molecular flexibility index (Phi) is 8.69. The second kappa shape index (κ2) is 10.4. The monoisotopic (exact) mass is 455 g/mol. The fraction of sp³-hybridized carbons (Fsp3) is 0.882. The van der Waals surface area contributed by atoms with Crippen molar-refractivity contribution in [2.75, 3.05) is 13.2 Å². The zero-order valence-electron chi connectivity index (χ0n) is 16.6. The van der Waals surface area contributed by atoms with E-state index in [9.17, 15) is 45.3 Å². The topological polar surface area (TPSA) is 236 Å². The summed E-state index contributed by atoms with van der Waals surface area (Å²) in [6.07, 6.45) is -13.8. The Morgan fingerprint density at radius 2 is 1.84 bits per heavy atom. The molecule has 2 rings (SSSR count). The van der Waals surface area contributed by atoms with Crippen LogP contribution in [0.3, 0.4) is 0 Å². The zero-order chi connectivity index (χ0) is 23.5. The highest BCUT2D eigenvalue weighted by atomic mass is 16.7. The molecule has 0 aliphatic carbocycles. The summed E-state index contributed by atoms with van der Waals surface area (Å²) in [5.41, 5.74) is 0. The van der Waals surface area contributed by atoms with E-state index in [-0.39, 0.29) is 6.42 Å². The van der Waals surface area contributed by atoms with Gasteiger partial charge < -0.3 is 60.4 Å². The molecule has 0 bridgehead atoms. The standard InChI is InChI=1S/C17H29NO13/c1-6(20)18-12-8(22)3-17(16(27)28,31-15(12)14(26)9(23)4-19)29-5-10-13(25)7(21)2-11(24)30-10/h7-15,19,21-26H,2-5H2,1H3,(H,18,20)(H,27,28)/t7-,8+,9-,10-,11-,12-,13-,14-,15-,17-/m1/s1. The summed E-state index contributed by atoms with van der Waals surface area (Å²) >= 11 is 0. The number of nitrogens with one attached hydrogen (secondary N) is 1. The quantitative estimate of drug-likeness (QED) is 0.167. The summed E-state index contributed by atoms with van der Waals surface area (Å²) < 4.78 is 15.7. The predicted molar refractivity (Wildman–Crippen MR) is 96.0 cm³/mol. The minimum Gasteiger partial charge on any atom is -0.477 e. The molecule has 0 aromatic heterocycles. The molecule has 180 valence electrons. The summed E-state index contributed by atoms with van der Waals surface area (Å²) in [7, 11) is 0. The maximum absolute atomic E-state index is 12.0. The van der Waals surface area contributed by atoms with Gasteiger partial charge in [-0.25, -0.2) is 4.79 Å². The van der Waals surface area contributed by atoms with E-state index in [4.69, 9.17) is 19.3 Å². The van der Waals surface area contributed by atoms with Gasteiger partial charge in [-0.05, 0) is 0 Å². The summed E-state index contributed by atoms with van der Waals surface area (Å²) in [6.45, 7) is -0.528. The van der Waals surface area contributed by atoms with Crippen molar-refractivity contribution in [2.24, 2.45) is 0 Å². The second-order valence-electron chi connectivity index (χ2n) is 7.61. The van der Waals surface area contributed by atoms with E-state index in [0.29, 0.717) is 0 Å². The van der Waals surface area contributed by atoms with E-state index in [0.717, 1.165) is 6.92 Å². The zero-order valence-corrected chi connectivity index (χ0v) is 16.6. The normalized spacial score (nSPS) is 40.7. The van der Waals surface area contributed by atoms with Gasteiger partial charge in [0, 0.05) is 19.8 Å². The molecule has 2 aliphatic rings. The number of aliphatic hydroxyl groups excluding tert-OH is 7. The minimum absolute atomic E-state index is 0.275. The summed E-state index contributed by atoms with van der Waals surface area (Å²) in [4.78, 5) is 23.5. The van der Waals surface area contributed by atoms with Crippen LogP contribution < -0.4 is 5.32 Å². The number of aliphatic carboxylic acids is 1. The Morgan fingerprint density at radius 3 is 2.39 bits per heavy atom. The van der Waals surface area contributed by atoms with Crippen LogP contribution in [-0.2, 0) is 23.8 Å². The molecule has 31 heavy (non-hydrogen) atoms. The fourth-order valence-electron chi connectivity index (χ4n) is 3.56. The average Bonchev–Trinajstić information content (AvgIpc) is 2.69. The number of carboxylic acids is 1. The van der Waals surface area contributed by atoms with Crippen LogP contribution in [-0.4, -0.2) is 127 Å². The van der Waals surface area contributed by atoms with Crippen molar-refractivity contribution in [3.05, 3.63) is 0 Å². The molecule has 0 unspecified atom stereocenters. The lowest BCUT2D eigenvalue weighted by atomic mass is 9.88. The lowest BCUT2D eigenvalue weighted by Crippen LogP contribution is -2.68. The molecule has 2 saturated heterocycles. The fourth-order valence-corrected chi connectivity index (χ4v) is 3.56. The first-order valence-corrected chi connectivity index (χ1v) is 9.58. The molecular formula is C17H29NO13. The predicted octanol–water partition coefficient (Wildman–Crippen LogP) is -5.02. The van der Waals surface area contributed by atoms with E-state index >= 15 is 0 Å². The van der Waals surface area contributed by atoms with Crippen LogP contribution in [0.1, 0.15) is 19.8 Å². The van der Waals surface area contributed by atoms with Crippen LogP contribution >= 0.6 is 0 Å². The molecule has 2 aliphatic heterocycles. The van der Waals surface area contributed by atoms with Gasteiger partial charge in [-0.15, -0.1) is 0 Å². The van der Waals surface area contributed by atoms with Gasteiger partial charge in [-0.3, -0.25) is 4.79 Å². The Balaban J connectivity index is 2.27. The van der Waals surface area contributed by atoms with Crippen LogP contribution in [0.5, 0.6) is 0 Å². The Labute approximate surface area is 176 Å². The first kappa shape index (κ1) is 25.8. The van der Waals surface area contributed by atoms with Gasteiger partial charge in [0.05, 0.1) is 31.5 Å². The number of amides is 1. The van der Waals surface area contributed by atoms with Gasteiger partial charge in [0.15, 0.2) is 6.29 Å². The molecule has 9 N–H and O–H groups in total. The molecule has 2 fully saturated rings. The highest BCUT2D eigenvalue weighted by molar-refractivity contribution is 5.76. The minimum atomic E-state index is -2.62. The summed E-state index contributed by atoms with van der Waals surface area (Å²) in [6, 6.07) is -1.36. The maximum atomic E-state index is 12.0. The molecule has 14 nitrogen and oxygen atoms in total.